The van der Waals surface area contributed by atoms with Crippen LogP contribution in [0.1, 0.15) is 17.5 Å². The highest BCUT2D eigenvalue weighted by molar-refractivity contribution is 6.35. The predicted octanol–water partition coefficient (Wildman–Crippen LogP) is 5.14. The fraction of sp³-hybridized carbons (Fsp3) is 0.240. The molecule has 2 aromatic carbocycles. The minimum Gasteiger partial charge on any atom is -0.342 e. The lowest BCUT2D eigenvalue weighted by Crippen LogP contribution is -2.28. The standard InChI is InChI=1S/C25H19Cl2N3O2/c26-18-8-7-16(20(27)10-18)12-29-13-17(19-3-1-2-4-21(19)29)11-28-30-24(31)22-14-5-6-15(9-14)23(22)25(30)32/h1-8,10-11,13-15,22-23H,9,12H2. The summed E-state index contributed by atoms with van der Waals surface area (Å²) >= 11 is 12.4. The van der Waals surface area contributed by atoms with E-state index in [0.717, 1.165) is 33.5 Å². The summed E-state index contributed by atoms with van der Waals surface area (Å²) in [6, 6.07) is 13.4. The molecule has 5 nitrogen and oxygen atoms in total. The van der Waals surface area contributed by atoms with Gasteiger partial charge in [0.2, 0.25) is 0 Å². The maximum absolute atomic E-state index is 12.9. The number of carbonyl (C=O) groups is 2. The lowest BCUT2D eigenvalue weighted by molar-refractivity contribution is -0.140. The van der Waals surface area contributed by atoms with Crippen molar-refractivity contribution in [2.75, 3.05) is 0 Å². The van der Waals surface area contributed by atoms with Crippen LogP contribution in [0, 0.1) is 23.7 Å². The number of fused-ring (bicyclic) bond motifs is 6. The molecule has 2 heterocycles. The van der Waals surface area contributed by atoms with Crippen LogP contribution in [-0.4, -0.2) is 27.6 Å². The van der Waals surface area contributed by atoms with E-state index in [2.05, 4.69) is 21.8 Å². The Hall–Kier alpha value is -2.89. The number of halogens is 2. The van der Waals surface area contributed by atoms with Gasteiger partial charge in [-0.1, -0.05) is 59.6 Å². The topological polar surface area (TPSA) is 54.7 Å². The van der Waals surface area contributed by atoms with Gasteiger partial charge in [-0.05, 0) is 42.0 Å². The number of nitrogens with zero attached hydrogens (tertiary/aromatic N) is 3. The summed E-state index contributed by atoms with van der Waals surface area (Å²) in [4.78, 5) is 25.8. The van der Waals surface area contributed by atoms with Crippen molar-refractivity contribution in [3.05, 3.63) is 82.0 Å². The first-order valence-corrected chi connectivity index (χ1v) is 11.4. The zero-order valence-corrected chi connectivity index (χ0v) is 18.5. The molecule has 6 rings (SSSR count). The number of imide groups is 1. The van der Waals surface area contributed by atoms with E-state index in [1.54, 1.807) is 12.3 Å². The number of hydrazone groups is 1. The third-order valence-corrected chi connectivity index (χ3v) is 7.52. The van der Waals surface area contributed by atoms with Crippen LogP contribution in [0.4, 0.5) is 0 Å². The van der Waals surface area contributed by atoms with Gasteiger partial charge in [0.15, 0.2) is 0 Å². The van der Waals surface area contributed by atoms with Crippen molar-refractivity contribution in [2.45, 2.75) is 13.0 Å². The highest BCUT2D eigenvalue weighted by Crippen LogP contribution is 2.52. The van der Waals surface area contributed by atoms with E-state index in [1.807, 2.05) is 42.6 Å². The first kappa shape index (κ1) is 19.8. The molecule has 1 saturated heterocycles. The Morgan fingerprint density at radius 2 is 1.72 bits per heavy atom. The van der Waals surface area contributed by atoms with Crippen LogP contribution >= 0.6 is 23.2 Å². The van der Waals surface area contributed by atoms with Crippen molar-refractivity contribution in [3.63, 3.8) is 0 Å². The van der Waals surface area contributed by atoms with Gasteiger partial charge in [0.25, 0.3) is 11.8 Å². The average Bonchev–Trinajstić information content (AvgIpc) is 3.53. The molecule has 7 heteroatoms. The monoisotopic (exact) mass is 463 g/mol. The molecule has 2 aliphatic carbocycles. The van der Waals surface area contributed by atoms with Crippen LogP contribution in [-0.2, 0) is 16.1 Å². The fourth-order valence-corrected chi connectivity index (χ4v) is 5.93. The number of carbonyl (C=O) groups excluding carboxylic acids is 2. The molecule has 1 aliphatic heterocycles. The average molecular weight is 464 g/mol. The number of rotatable bonds is 4. The number of allylic oxidation sites excluding steroid dienone is 2. The molecule has 1 saturated carbocycles. The van der Waals surface area contributed by atoms with Gasteiger partial charge in [-0.25, -0.2) is 0 Å². The third kappa shape index (κ3) is 2.95. The van der Waals surface area contributed by atoms with E-state index in [0.29, 0.717) is 16.6 Å². The first-order chi connectivity index (χ1) is 15.5. The van der Waals surface area contributed by atoms with E-state index >= 15 is 0 Å². The molecule has 2 amide bonds. The molecular formula is C25H19Cl2N3O2. The minimum atomic E-state index is -0.247. The van der Waals surface area contributed by atoms with Gasteiger partial charge in [0.1, 0.15) is 0 Å². The van der Waals surface area contributed by atoms with Crippen LogP contribution in [0.25, 0.3) is 10.9 Å². The number of hydrogen-bond donors (Lipinski definition) is 0. The van der Waals surface area contributed by atoms with Crippen molar-refractivity contribution in [2.24, 2.45) is 28.8 Å². The largest absolute Gasteiger partial charge is 0.342 e. The predicted molar refractivity (Wildman–Crippen MR) is 125 cm³/mol. The van der Waals surface area contributed by atoms with Gasteiger partial charge in [-0.3, -0.25) is 9.59 Å². The number of aromatic nitrogens is 1. The number of para-hydroxylation sites is 1. The molecule has 4 atom stereocenters. The maximum atomic E-state index is 12.9. The van der Waals surface area contributed by atoms with Gasteiger partial charge in [0.05, 0.1) is 18.1 Å². The Morgan fingerprint density at radius 3 is 2.44 bits per heavy atom. The summed E-state index contributed by atoms with van der Waals surface area (Å²) < 4.78 is 2.08. The molecule has 2 fully saturated rings. The zero-order valence-electron chi connectivity index (χ0n) is 17.0. The summed E-state index contributed by atoms with van der Waals surface area (Å²) in [5, 5.41) is 7.63. The molecule has 3 aliphatic rings. The van der Waals surface area contributed by atoms with Gasteiger partial charge in [-0.2, -0.15) is 10.1 Å². The van der Waals surface area contributed by atoms with E-state index in [4.69, 9.17) is 23.2 Å². The summed E-state index contributed by atoms with van der Waals surface area (Å²) in [6.45, 7) is 0.561. The Labute approximate surface area is 194 Å². The lowest BCUT2D eigenvalue weighted by Gasteiger charge is -2.13. The van der Waals surface area contributed by atoms with Crippen LogP contribution in [0.5, 0.6) is 0 Å². The Kier molecular flexibility index (Phi) is 4.52. The van der Waals surface area contributed by atoms with Gasteiger partial charge < -0.3 is 4.57 Å². The van der Waals surface area contributed by atoms with Crippen molar-refractivity contribution in [3.8, 4) is 0 Å². The molecule has 1 aromatic heterocycles. The molecule has 4 unspecified atom stereocenters. The van der Waals surface area contributed by atoms with Gasteiger partial charge in [0, 0.05) is 39.3 Å². The fourth-order valence-electron chi connectivity index (χ4n) is 5.46. The summed E-state index contributed by atoms with van der Waals surface area (Å²) in [5.74, 6) is -0.499. The molecule has 0 radical (unpaired) electrons. The Bertz CT molecular complexity index is 1310. The van der Waals surface area contributed by atoms with E-state index in [1.165, 1.54) is 0 Å². The number of amides is 2. The third-order valence-electron chi connectivity index (χ3n) is 6.93. The van der Waals surface area contributed by atoms with Gasteiger partial charge in [-0.15, -0.1) is 0 Å². The molecule has 32 heavy (non-hydrogen) atoms. The summed E-state index contributed by atoms with van der Waals surface area (Å²) in [6.07, 6.45) is 8.66. The van der Waals surface area contributed by atoms with Crippen molar-refractivity contribution < 1.29 is 9.59 Å². The Morgan fingerprint density at radius 1 is 1.00 bits per heavy atom. The van der Waals surface area contributed by atoms with Crippen LogP contribution in [0.2, 0.25) is 10.0 Å². The SMILES string of the molecule is O=C1C2C3C=CC(C3)C2C(=O)N1N=Cc1cn(Cc2ccc(Cl)cc2Cl)c2ccccc12. The number of hydrogen-bond acceptors (Lipinski definition) is 3. The highest BCUT2D eigenvalue weighted by atomic mass is 35.5. The second-order valence-corrected chi connectivity index (χ2v) is 9.54. The first-order valence-electron chi connectivity index (χ1n) is 10.6. The van der Waals surface area contributed by atoms with Crippen LogP contribution in [0.3, 0.4) is 0 Å². The molecular weight excluding hydrogens is 445 g/mol. The molecule has 0 N–H and O–H groups in total. The van der Waals surface area contributed by atoms with Crippen LogP contribution < -0.4 is 0 Å². The molecule has 2 bridgehead atoms. The minimum absolute atomic E-state index is 0.174. The van der Waals surface area contributed by atoms with Crippen molar-refractivity contribution in [1.29, 1.82) is 0 Å². The Balaban J connectivity index is 1.32. The van der Waals surface area contributed by atoms with E-state index in [-0.39, 0.29) is 35.5 Å². The zero-order chi connectivity index (χ0) is 22.0. The maximum Gasteiger partial charge on any atom is 0.254 e. The van der Waals surface area contributed by atoms with E-state index < -0.39 is 0 Å². The van der Waals surface area contributed by atoms with Crippen molar-refractivity contribution in [1.82, 2.24) is 9.58 Å². The summed E-state index contributed by atoms with van der Waals surface area (Å²) in [7, 11) is 0. The second kappa shape index (κ2) is 7.32. The molecule has 3 aromatic rings. The lowest BCUT2D eigenvalue weighted by atomic mass is 9.85. The molecule has 160 valence electrons. The number of benzene rings is 2. The quantitative estimate of drug-likeness (QED) is 0.305. The summed E-state index contributed by atoms with van der Waals surface area (Å²) in [5.41, 5.74) is 2.80. The molecule has 0 spiro atoms. The van der Waals surface area contributed by atoms with Gasteiger partial charge >= 0.3 is 0 Å². The smallest absolute Gasteiger partial charge is 0.254 e. The second-order valence-electron chi connectivity index (χ2n) is 8.70. The van der Waals surface area contributed by atoms with Crippen LogP contribution in [0.15, 0.2) is 65.9 Å². The highest BCUT2D eigenvalue weighted by Gasteiger charge is 2.59. The van der Waals surface area contributed by atoms with Crippen molar-refractivity contribution >= 4 is 52.1 Å². The van der Waals surface area contributed by atoms with E-state index in [9.17, 15) is 9.59 Å². The normalized spacial score (nSPS) is 26.2.